The Bertz CT molecular complexity index is 261. The average Bonchev–Trinajstić information content (AvgIpc) is 2.36. The molecule has 0 aromatic rings. The molecule has 92 valence electrons. The highest BCUT2D eigenvalue weighted by Crippen LogP contribution is 2.29. The second-order valence-electron chi connectivity index (χ2n) is 5.82. The molecule has 1 aliphatic heterocycles. The Morgan fingerprint density at radius 3 is 2.62 bits per heavy atom. The van der Waals surface area contributed by atoms with Crippen LogP contribution >= 0.6 is 0 Å². The molecule has 0 radical (unpaired) electrons. The summed E-state index contributed by atoms with van der Waals surface area (Å²) in [4.78, 5) is 14.1. The smallest absolute Gasteiger partial charge is 0.240 e. The maximum Gasteiger partial charge on any atom is 0.240 e. The first-order valence-electron chi connectivity index (χ1n) is 6.64. The quantitative estimate of drug-likeness (QED) is 0.792. The first-order chi connectivity index (χ1) is 7.58. The van der Waals surface area contributed by atoms with Gasteiger partial charge in [0.05, 0.1) is 12.2 Å². The number of hydrogen-bond acceptors (Lipinski definition) is 2. The van der Waals surface area contributed by atoms with Gasteiger partial charge in [-0.1, -0.05) is 20.3 Å². The Balaban J connectivity index is 1.95. The van der Waals surface area contributed by atoms with Gasteiger partial charge in [0.1, 0.15) is 0 Å². The fourth-order valence-electron chi connectivity index (χ4n) is 2.66. The minimum atomic E-state index is 0.0174. The molecule has 0 aromatic carbocycles. The Labute approximate surface area is 98.6 Å². The Kier molecular flexibility index (Phi) is 3.53. The largest absolute Gasteiger partial charge is 0.326 e. The summed E-state index contributed by atoms with van der Waals surface area (Å²) >= 11 is 0. The van der Waals surface area contributed by atoms with E-state index in [1.54, 1.807) is 0 Å². The van der Waals surface area contributed by atoms with Crippen LogP contribution in [0.15, 0.2) is 0 Å². The van der Waals surface area contributed by atoms with E-state index in [2.05, 4.69) is 24.1 Å². The molecule has 1 saturated carbocycles. The molecular formula is C13H24N2O. The van der Waals surface area contributed by atoms with E-state index in [0.29, 0.717) is 11.8 Å². The van der Waals surface area contributed by atoms with Crippen molar-refractivity contribution in [1.29, 1.82) is 0 Å². The molecule has 1 aliphatic carbocycles. The highest BCUT2D eigenvalue weighted by molar-refractivity contribution is 5.83. The van der Waals surface area contributed by atoms with Crippen molar-refractivity contribution in [2.45, 2.75) is 58.7 Å². The van der Waals surface area contributed by atoms with Gasteiger partial charge in [-0.2, -0.15) is 0 Å². The van der Waals surface area contributed by atoms with E-state index in [4.69, 9.17) is 0 Å². The van der Waals surface area contributed by atoms with Gasteiger partial charge >= 0.3 is 0 Å². The predicted molar refractivity (Wildman–Crippen MR) is 64.9 cm³/mol. The third kappa shape index (κ3) is 2.40. The van der Waals surface area contributed by atoms with Crippen LogP contribution in [-0.4, -0.2) is 29.6 Å². The van der Waals surface area contributed by atoms with Crippen molar-refractivity contribution in [2.24, 2.45) is 11.8 Å². The number of carbonyl (C=O) groups excluding carboxylic acids is 1. The fourth-order valence-corrected chi connectivity index (χ4v) is 2.66. The molecule has 1 saturated heterocycles. The highest BCUT2D eigenvalue weighted by atomic mass is 16.2. The van der Waals surface area contributed by atoms with Crippen LogP contribution in [0.1, 0.15) is 46.5 Å². The van der Waals surface area contributed by atoms with Gasteiger partial charge in [-0.25, -0.2) is 0 Å². The summed E-state index contributed by atoms with van der Waals surface area (Å²) in [7, 11) is 0. The Hall–Kier alpha value is -0.570. The number of carbonyl (C=O) groups is 1. The third-order valence-corrected chi connectivity index (χ3v) is 3.85. The molecule has 3 heteroatoms. The molecule has 2 fully saturated rings. The average molecular weight is 224 g/mol. The number of nitrogens with zero attached hydrogens (tertiary/aromatic N) is 1. The zero-order chi connectivity index (χ0) is 11.7. The molecule has 16 heavy (non-hydrogen) atoms. The SMILES string of the molecule is CC(C)CC1NC(C)C(=O)N1CC1CCC1. The lowest BCUT2D eigenvalue weighted by Crippen LogP contribution is -2.42. The lowest BCUT2D eigenvalue weighted by molar-refractivity contribution is -0.130. The number of rotatable bonds is 4. The van der Waals surface area contributed by atoms with Crippen molar-refractivity contribution in [1.82, 2.24) is 10.2 Å². The van der Waals surface area contributed by atoms with Crippen molar-refractivity contribution in [3.05, 3.63) is 0 Å². The van der Waals surface area contributed by atoms with Crippen LogP contribution in [0.25, 0.3) is 0 Å². The summed E-state index contributed by atoms with van der Waals surface area (Å²) < 4.78 is 0. The number of amides is 1. The van der Waals surface area contributed by atoms with Gasteiger partial charge in [0.25, 0.3) is 0 Å². The zero-order valence-electron chi connectivity index (χ0n) is 10.7. The molecule has 0 bridgehead atoms. The lowest BCUT2D eigenvalue weighted by Gasteiger charge is -2.33. The van der Waals surface area contributed by atoms with Gasteiger partial charge in [-0.05, 0) is 38.0 Å². The molecule has 1 amide bonds. The van der Waals surface area contributed by atoms with Crippen LogP contribution < -0.4 is 5.32 Å². The van der Waals surface area contributed by atoms with Crippen molar-refractivity contribution in [2.75, 3.05) is 6.54 Å². The summed E-state index contributed by atoms with van der Waals surface area (Å²) in [6, 6.07) is 0.0174. The Morgan fingerprint density at radius 1 is 1.44 bits per heavy atom. The standard InChI is InChI=1S/C13H24N2O/c1-9(2)7-12-14-10(3)13(16)15(12)8-11-5-4-6-11/h9-12,14H,4-8H2,1-3H3. The number of nitrogens with one attached hydrogen (secondary N) is 1. The van der Waals surface area contributed by atoms with Crippen LogP contribution in [0.4, 0.5) is 0 Å². The van der Waals surface area contributed by atoms with Gasteiger partial charge in [0.2, 0.25) is 5.91 Å². The minimum absolute atomic E-state index is 0.0174. The van der Waals surface area contributed by atoms with E-state index in [0.717, 1.165) is 18.9 Å². The molecule has 2 rings (SSSR count). The highest BCUT2D eigenvalue weighted by Gasteiger charge is 2.37. The van der Waals surface area contributed by atoms with Crippen LogP contribution in [0, 0.1) is 11.8 Å². The third-order valence-electron chi connectivity index (χ3n) is 3.85. The second kappa shape index (κ2) is 4.74. The van der Waals surface area contributed by atoms with Crippen LogP contribution in [0.5, 0.6) is 0 Å². The van der Waals surface area contributed by atoms with E-state index in [9.17, 15) is 4.79 Å². The van der Waals surface area contributed by atoms with Crippen LogP contribution in [0.3, 0.4) is 0 Å². The van der Waals surface area contributed by atoms with Crippen molar-refractivity contribution in [3.63, 3.8) is 0 Å². The maximum atomic E-state index is 12.0. The molecule has 2 atom stereocenters. The topological polar surface area (TPSA) is 32.3 Å². The van der Waals surface area contributed by atoms with Crippen LogP contribution in [-0.2, 0) is 4.79 Å². The van der Waals surface area contributed by atoms with E-state index in [1.165, 1.54) is 19.3 Å². The molecule has 3 nitrogen and oxygen atoms in total. The zero-order valence-corrected chi connectivity index (χ0v) is 10.7. The summed E-state index contributed by atoms with van der Waals surface area (Å²) in [5, 5.41) is 3.41. The Morgan fingerprint density at radius 2 is 2.12 bits per heavy atom. The van der Waals surface area contributed by atoms with Gasteiger partial charge in [-0.3, -0.25) is 10.1 Å². The fraction of sp³-hybridized carbons (Fsp3) is 0.923. The first kappa shape index (κ1) is 11.9. The molecule has 2 aliphatic rings. The maximum absolute atomic E-state index is 12.0. The number of hydrogen-bond donors (Lipinski definition) is 1. The molecule has 2 unspecified atom stereocenters. The molecule has 0 spiro atoms. The van der Waals surface area contributed by atoms with Crippen molar-refractivity contribution < 1.29 is 4.79 Å². The van der Waals surface area contributed by atoms with Gasteiger partial charge in [0.15, 0.2) is 0 Å². The molecular weight excluding hydrogens is 200 g/mol. The van der Waals surface area contributed by atoms with E-state index in [-0.39, 0.29) is 12.2 Å². The van der Waals surface area contributed by atoms with Gasteiger partial charge < -0.3 is 4.90 Å². The second-order valence-corrected chi connectivity index (χ2v) is 5.82. The van der Waals surface area contributed by atoms with Gasteiger partial charge in [-0.15, -0.1) is 0 Å². The first-order valence-corrected chi connectivity index (χ1v) is 6.64. The minimum Gasteiger partial charge on any atom is -0.326 e. The molecule has 1 heterocycles. The summed E-state index contributed by atoms with van der Waals surface area (Å²) in [6.45, 7) is 7.40. The normalized spacial score (nSPS) is 31.2. The predicted octanol–water partition coefficient (Wildman–Crippen LogP) is 1.98. The summed E-state index contributed by atoms with van der Waals surface area (Å²) in [5.74, 6) is 1.71. The van der Waals surface area contributed by atoms with E-state index < -0.39 is 0 Å². The van der Waals surface area contributed by atoms with Crippen molar-refractivity contribution in [3.8, 4) is 0 Å². The monoisotopic (exact) mass is 224 g/mol. The summed E-state index contributed by atoms with van der Waals surface area (Å²) in [5.41, 5.74) is 0. The van der Waals surface area contributed by atoms with E-state index in [1.807, 2.05) is 6.92 Å². The van der Waals surface area contributed by atoms with Gasteiger partial charge in [0, 0.05) is 6.54 Å². The van der Waals surface area contributed by atoms with E-state index >= 15 is 0 Å². The molecule has 1 N–H and O–H groups in total. The lowest BCUT2D eigenvalue weighted by atomic mass is 9.85. The van der Waals surface area contributed by atoms with Crippen molar-refractivity contribution >= 4 is 5.91 Å². The van der Waals surface area contributed by atoms with Crippen LogP contribution in [0.2, 0.25) is 0 Å². The molecule has 0 aromatic heterocycles. The summed E-state index contributed by atoms with van der Waals surface area (Å²) in [6.07, 6.45) is 5.33.